The molecule has 0 N–H and O–H groups in total. The number of hydrogen-bond donors (Lipinski definition) is 0. The molecule has 13 heavy (non-hydrogen) atoms. The van der Waals surface area contributed by atoms with Crippen molar-refractivity contribution in [2.75, 3.05) is 26.7 Å². The summed E-state index contributed by atoms with van der Waals surface area (Å²) < 4.78 is 0. The molecular formula is C11H22N2. The van der Waals surface area contributed by atoms with Gasteiger partial charge in [-0.15, -0.1) is 0 Å². The maximum atomic E-state index is 2.64. The molecule has 2 atom stereocenters. The summed E-state index contributed by atoms with van der Waals surface area (Å²) in [5.41, 5.74) is 0.366. The van der Waals surface area contributed by atoms with Crippen molar-refractivity contribution < 1.29 is 0 Å². The minimum Gasteiger partial charge on any atom is -0.302 e. The van der Waals surface area contributed by atoms with Crippen LogP contribution in [-0.4, -0.2) is 48.1 Å². The maximum absolute atomic E-state index is 2.64. The average Bonchev–Trinajstić information content (AvgIpc) is 2.51. The molecule has 0 aromatic heterocycles. The van der Waals surface area contributed by atoms with Crippen LogP contribution in [0.3, 0.4) is 0 Å². The monoisotopic (exact) mass is 182 g/mol. The van der Waals surface area contributed by atoms with E-state index in [1.807, 2.05) is 0 Å². The van der Waals surface area contributed by atoms with Crippen molar-refractivity contribution in [1.29, 1.82) is 0 Å². The summed E-state index contributed by atoms with van der Waals surface area (Å²) >= 11 is 0. The van der Waals surface area contributed by atoms with Crippen LogP contribution in [0, 0.1) is 5.92 Å². The first-order chi connectivity index (χ1) is 5.98. The van der Waals surface area contributed by atoms with Crippen molar-refractivity contribution >= 4 is 0 Å². The largest absolute Gasteiger partial charge is 0.302 e. The molecule has 0 bridgehead atoms. The molecule has 0 aromatic rings. The van der Waals surface area contributed by atoms with Gasteiger partial charge in [0.05, 0.1) is 0 Å². The van der Waals surface area contributed by atoms with Crippen LogP contribution in [0.4, 0.5) is 0 Å². The van der Waals surface area contributed by atoms with Gasteiger partial charge >= 0.3 is 0 Å². The lowest BCUT2D eigenvalue weighted by Crippen LogP contribution is -2.42. The van der Waals surface area contributed by atoms with Gasteiger partial charge in [-0.2, -0.15) is 0 Å². The Balaban J connectivity index is 2.03. The summed E-state index contributed by atoms with van der Waals surface area (Å²) in [5, 5.41) is 0. The van der Waals surface area contributed by atoms with Gasteiger partial charge in [-0.05, 0) is 46.7 Å². The van der Waals surface area contributed by atoms with Crippen LogP contribution in [0.15, 0.2) is 0 Å². The second-order valence-corrected chi connectivity index (χ2v) is 5.67. The lowest BCUT2D eigenvalue weighted by molar-refractivity contribution is 0.151. The lowest BCUT2D eigenvalue weighted by atomic mass is 10.0. The number of likely N-dealkylation sites (N-methyl/N-ethyl adjacent to an activating group) is 1. The molecule has 0 radical (unpaired) electrons. The molecule has 2 saturated heterocycles. The SMILES string of the molecule is CN1CCC2CN(C(C)(C)C)CC21. The van der Waals surface area contributed by atoms with Crippen LogP contribution >= 0.6 is 0 Å². The van der Waals surface area contributed by atoms with Gasteiger partial charge in [-0.1, -0.05) is 0 Å². The molecule has 0 amide bonds. The normalized spacial score (nSPS) is 36.9. The van der Waals surface area contributed by atoms with E-state index in [0.717, 1.165) is 12.0 Å². The quantitative estimate of drug-likeness (QED) is 0.559. The number of rotatable bonds is 0. The summed E-state index contributed by atoms with van der Waals surface area (Å²) in [6.45, 7) is 10.9. The third-order valence-electron chi connectivity index (χ3n) is 3.77. The standard InChI is InChI=1S/C11H22N2/c1-11(2,3)13-7-9-5-6-12(4)10(9)8-13/h9-10H,5-8H2,1-4H3. The highest BCUT2D eigenvalue weighted by molar-refractivity contribution is 4.98. The highest BCUT2D eigenvalue weighted by Crippen LogP contribution is 2.33. The van der Waals surface area contributed by atoms with Gasteiger partial charge < -0.3 is 4.90 Å². The van der Waals surface area contributed by atoms with Crippen molar-refractivity contribution in [2.45, 2.75) is 38.8 Å². The fourth-order valence-electron chi connectivity index (χ4n) is 2.72. The maximum Gasteiger partial charge on any atom is 0.0261 e. The Labute approximate surface area is 81.9 Å². The first kappa shape index (κ1) is 9.47. The molecule has 2 aliphatic rings. The fraction of sp³-hybridized carbons (Fsp3) is 1.00. The zero-order valence-corrected chi connectivity index (χ0v) is 9.38. The number of likely N-dealkylation sites (tertiary alicyclic amines) is 2. The van der Waals surface area contributed by atoms with Crippen molar-refractivity contribution in [3.8, 4) is 0 Å². The second-order valence-electron chi connectivity index (χ2n) is 5.67. The molecule has 2 fully saturated rings. The van der Waals surface area contributed by atoms with E-state index in [-0.39, 0.29) is 0 Å². The first-order valence-electron chi connectivity index (χ1n) is 5.44. The Kier molecular flexibility index (Phi) is 2.16. The molecule has 2 heteroatoms. The summed E-state index contributed by atoms with van der Waals surface area (Å²) in [7, 11) is 2.27. The minimum absolute atomic E-state index is 0.366. The van der Waals surface area contributed by atoms with Crippen molar-refractivity contribution in [2.24, 2.45) is 5.92 Å². The third-order valence-corrected chi connectivity index (χ3v) is 3.77. The predicted molar refractivity (Wildman–Crippen MR) is 55.9 cm³/mol. The van der Waals surface area contributed by atoms with Crippen LogP contribution in [0.2, 0.25) is 0 Å². The van der Waals surface area contributed by atoms with Gasteiger partial charge in [-0.3, -0.25) is 4.90 Å². The third kappa shape index (κ3) is 1.62. The highest BCUT2D eigenvalue weighted by Gasteiger charge is 2.42. The Hall–Kier alpha value is -0.0800. The van der Waals surface area contributed by atoms with Crippen LogP contribution < -0.4 is 0 Å². The first-order valence-corrected chi connectivity index (χ1v) is 5.44. The Bertz CT molecular complexity index is 195. The van der Waals surface area contributed by atoms with E-state index in [4.69, 9.17) is 0 Å². The molecule has 0 spiro atoms. The summed E-state index contributed by atoms with van der Waals surface area (Å²) in [5.74, 6) is 0.948. The minimum atomic E-state index is 0.366. The van der Waals surface area contributed by atoms with Crippen molar-refractivity contribution in [3.05, 3.63) is 0 Å². The van der Waals surface area contributed by atoms with Gasteiger partial charge in [0.15, 0.2) is 0 Å². The lowest BCUT2D eigenvalue weighted by Gasteiger charge is -2.33. The van der Waals surface area contributed by atoms with Crippen LogP contribution in [0.25, 0.3) is 0 Å². The molecule has 76 valence electrons. The fourth-order valence-corrected chi connectivity index (χ4v) is 2.72. The van der Waals surface area contributed by atoms with Crippen molar-refractivity contribution in [1.82, 2.24) is 9.80 Å². The molecule has 2 heterocycles. The zero-order valence-electron chi connectivity index (χ0n) is 9.38. The molecule has 2 nitrogen and oxygen atoms in total. The summed E-state index contributed by atoms with van der Waals surface area (Å²) in [6.07, 6.45) is 1.41. The summed E-state index contributed by atoms with van der Waals surface area (Å²) in [4.78, 5) is 5.18. The zero-order chi connectivity index (χ0) is 9.64. The van der Waals surface area contributed by atoms with E-state index in [2.05, 4.69) is 37.6 Å². The molecule has 2 unspecified atom stereocenters. The van der Waals surface area contributed by atoms with Crippen LogP contribution in [0.1, 0.15) is 27.2 Å². The Morgan fingerprint density at radius 3 is 2.38 bits per heavy atom. The number of nitrogens with zero attached hydrogens (tertiary/aromatic N) is 2. The molecule has 2 rings (SSSR count). The predicted octanol–water partition coefficient (Wildman–Crippen LogP) is 1.42. The van der Waals surface area contributed by atoms with Crippen LogP contribution in [0.5, 0.6) is 0 Å². The Morgan fingerprint density at radius 2 is 1.85 bits per heavy atom. The summed E-state index contributed by atoms with van der Waals surface area (Å²) in [6, 6.07) is 0.847. The van der Waals surface area contributed by atoms with Gasteiger partial charge in [0.1, 0.15) is 0 Å². The van der Waals surface area contributed by atoms with E-state index in [9.17, 15) is 0 Å². The molecule has 0 aliphatic carbocycles. The van der Waals surface area contributed by atoms with E-state index in [1.54, 1.807) is 0 Å². The second kappa shape index (κ2) is 2.96. The van der Waals surface area contributed by atoms with Crippen molar-refractivity contribution in [3.63, 3.8) is 0 Å². The van der Waals surface area contributed by atoms with Gasteiger partial charge in [-0.25, -0.2) is 0 Å². The number of fused-ring (bicyclic) bond motifs is 1. The average molecular weight is 182 g/mol. The smallest absolute Gasteiger partial charge is 0.0261 e. The molecule has 0 aromatic carbocycles. The van der Waals surface area contributed by atoms with Gasteiger partial charge in [0.25, 0.3) is 0 Å². The highest BCUT2D eigenvalue weighted by atomic mass is 15.3. The number of hydrogen-bond acceptors (Lipinski definition) is 2. The Morgan fingerprint density at radius 1 is 1.15 bits per heavy atom. The van der Waals surface area contributed by atoms with E-state index < -0.39 is 0 Å². The topological polar surface area (TPSA) is 6.48 Å². The van der Waals surface area contributed by atoms with Gasteiger partial charge in [0.2, 0.25) is 0 Å². The van der Waals surface area contributed by atoms with E-state index >= 15 is 0 Å². The van der Waals surface area contributed by atoms with E-state index in [0.29, 0.717) is 5.54 Å². The molecule has 2 aliphatic heterocycles. The molecule has 0 saturated carbocycles. The van der Waals surface area contributed by atoms with Crippen LogP contribution in [-0.2, 0) is 0 Å². The van der Waals surface area contributed by atoms with E-state index in [1.165, 1.54) is 26.1 Å². The molecular weight excluding hydrogens is 160 g/mol. The van der Waals surface area contributed by atoms with Gasteiger partial charge in [0, 0.05) is 24.7 Å².